The summed E-state index contributed by atoms with van der Waals surface area (Å²) in [5, 5.41) is 17.7. The Morgan fingerprint density at radius 3 is 2.48 bits per heavy atom. The Morgan fingerprint density at radius 1 is 1.10 bits per heavy atom. The molecule has 0 radical (unpaired) electrons. The summed E-state index contributed by atoms with van der Waals surface area (Å²) >= 11 is 0. The zero-order chi connectivity index (χ0) is 22.2. The highest BCUT2D eigenvalue weighted by Gasteiger charge is 2.17. The molecule has 0 amide bonds. The van der Waals surface area contributed by atoms with E-state index < -0.39 is 0 Å². The maximum Gasteiger partial charge on any atom is 0.149 e. The average Bonchev–Trinajstić information content (AvgIpc) is 3.20. The van der Waals surface area contributed by atoms with Crippen molar-refractivity contribution in [3.05, 3.63) is 59.3 Å². The SMILES string of the molecule is CCCC(CCC(C)C)CNc1cc(C2=CC=C(C)CC2)n(-c2ccc(C#N)cc2)n1. The molecule has 0 bridgehead atoms. The molecule has 31 heavy (non-hydrogen) atoms. The molecule has 1 aliphatic rings. The second-order valence-corrected chi connectivity index (χ2v) is 9.20. The van der Waals surface area contributed by atoms with Crippen LogP contribution in [-0.2, 0) is 0 Å². The molecule has 1 N–H and O–H groups in total. The van der Waals surface area contributed by atoms with Gasteiger partial charge in [0, 0.05) is 12.6 Å². The van der Waals surface area contributed by atoms with E-state index in [1.165, 1.54) is 36.8 Å². The predicted molar refractivity (Wildman–Crippen MR) is 130 cm³/mol. The Balaban J connectivity index is 1.85. The second-order valence-electron chi connectivity index (χ2n) is 9.20. The fraction of sp³-hybridized carbons (Fsp3) is 0.481. The van der Waals surface area contributed by atoms with Gasteiger partial charge in [0.2, 0.25) is 0 Å². The zero-order valence-corrected chi connectivity index (χ0v) is 19.5. The molecule has 4 nitrogen and oxygen atoms in total. The van der Waals surface area contributed by atoms with E-state index in [9.17, 15) is 0 Å². The van der Waals surface area contributed by atoms with Crippen molar-refractivity contribution in [1.82, 2.24) is 9.78 Å². The van der Waals surface area contributed by atoms with Crippen molar-refractivity contribution in [3.8, 4) is 11.8 Å². The molecule has 1 atom stereocenters. The second kappa shape index (κ2) is 11.0. The molecular formula is C27H36N4. The van der Waals surface area contributed by atoms with Crippen LogP contribution in [0.2, 0.25) is 0 Å². The van der Waals surface area contributed by atoms with Crippen LogP contribution >= 0.6 is 0 Å². The Labute approximate surface area is 187 Å². The van der Waals surface area contributed by atoms with Gasteiger partial charge in [0.15, 0.2) is 0 Å². The lowest BCUT2D eigenvalue weighted by atomic mass is 9.94. The number of anilines is 1. The first-order valence-corrected chi connectivity index (χ1v) is 11.7. The lowest BCUT2D eigenvalue weighted by Crippen LogP contribution is -2.15. The van der Waals surface area contributed by atoms with Crippen molar-refractivity contribution in [1.29, 1.82) is 5.26 Å². The number of hydrogen-bond acceptors (Lipinski definition) is 3. The smallest absolute Gasteiger partial charge is 0.149 e. The normalized spacial score (nSPS) is 14.7. The number of aromatic nitrogens is 2. The van der Waals surface area contributed by atoms with Gasteiger partial charge < -0.3 is 5.32 Å². The van der Waals surface area contributed by atoms with Crippen LogP contribution in [0.4, 0.5) is 5.82 Å². The van der Waals surface area contributed by atoms with Crippen LogP contribution in [0.15, 0.2) is 48.1 Å². The van der Waals surface area contributed by atoms with Gasteiger partial charge in [-0.15, -0.1) is 5.10 Å². The quantitative estimate of drug-likeness (QED) is 0.448. The van der Waals surface area contributed by atoms with Gasteiger partial charge in [0.25, 0.3) is 0 Å². The highest BCUT2D eigenvalue weighted by molar-refractivity contribution is 5.70. The minimum atomic E-state index is 0.666. The number of nitrogens with zero attached hydrogens (tertiary/aromatic N) is 3. The van der Waals surface area contributed by atoms with E-state index in [1.54, 1.807) is 0 Å². The van der Waals surface area contributed by atoms with Gasteiger partial charge in [-0.25, -0.2) is 4.68 Å². The van der Waals surface area contributed by atoms with E-state index in [0.29, 0.717) is 11.5 Å². The summed E-state index contributed by atoms with van der Waals surface area (Å²) in [6.07, 6.45) is 11.5. The molecule has 164 valence electrons. The third-order valence-corrected chi connectivity index (χ3v) is 6.06. The molecule has 0 fully saturated rings. The fourth-order valence-corrected chi connectivity index (χ4v) is 4.10. The van der Waals surface area contributed by atoms with Gasteiger partial charge in [-0.3, -0.25) is 0 Å². The summed E-state index contributed by atoms with van der Waals surface area (Å²) in [5.74, 6) is 2.35. The fourth-order valence-electron chi connectivity index (χ4n) is 4.10. The van der Waals surface area contributed by atoms with Crippen LogP contribution in [-0.4, -0.2) is 16.3 Å². The number of allylic oxidation sites excluding steroid dienone is 4. The first-order chi connectivity index (χ1) is 15.0. The maximum absolute atomic E-state index is 9.13. The van der Waals surface area contributed by atoms with Gasteiger partial charge in [0.1, 0.15) is 5.82 Å². The molecule has 4 heteroatoms. The number of nitrogens with one attached hydrogen (secondary N) is 1. The third kappa shape index (κ3) is 6.34. The molecular weight excluding hydrogens is 380 g/mol. The first kappa shape index (κ1) is 22.9. The van der Waals surface area contributed by atoms with Crippen LogP contribution in [0.25, 0.3) is 11.3 Å². The molecule has 0 saturated heterocycles. The van der Waals surface area contributed by atoms with Gasteiger partial charge in [0.05, 0.1) is 23.0 Å². The van der Waals surface area contributed by atoms with Crippen LogP contribution in [0.5, 0.6) is 0 Å². The number of hydrogen-bond donors (Lipinski definition) is 1. The molecule has 1 aromatic carbocycles. The highest BCUT2D eigenvalue weighted by atomic mass is 15.3. The largest absolute Gasteiger partial charge is 0.368 e. The van der Waals surface area contributed by atoms with Crippen LogP contribution in [0.3, 0.4) is 0 Å². The van der Waals surface area contributed by atoms with E-state index in [2.05, 4.69) is 57.3 Å². The Hall–Kier alpha value is -2.80. The van der Waals surface area contributed by atoms with Crippen molar-refractivity contribution in [2.45, 2.75) is 66.2 Å². The van der Waals surface area contributed by atoms with E-state index in [0.717, 1.165) is 42.5 Å². The Morgan fingerprint density at radius 2 is 1.87 bits per heavy atom. The van der Waals surface area contributed by atoms with Gasteiger partial charge in [-0.2, -0.15) is 5.26 Å². The van der Waals surface area contributed by atoms with Crippen molar-refractivity contribution in [2.24, 2.45) is 11.8 Å². The third-order valence-electron chi connectivity index (χ3n) is 6.06. The van der Waals surface area contributed by atoms with E-state index in [1.807, 2.05) is 28.9 Å². The van der Waals surface area contributed by atoms with E-state index >= 15 is 0 Å². The monoisotopic (exact) mass is 416 g/mol. The topological polar surface area (TPSA) is 53.6 Å². The Bertz CT molecular complexity index is 954. The molecule has 0 saturated carbocycles. The minimum absolute atomic E-state index is 0.666. The summed E-state index contributed by atoms with van der Waals surface area (Å²) < 4.78 is 2.02. The molecule has 1 unspecified atom stereocenters. The van der Waals surface area contributed by atoms with Crippen LogP contribution in [0.1, 0.15) is 77.5 Å². The molecule has 1 heterocycles. The minimum Gasteiger partial charge on any atom is -0.368 e. The average molecular weight is 417 g/mol. The number of benzene rings is 1. The summed E-state index contributed by atoms with van der Waals surface area (Å²) in [6.45, 7) is 10.0. The number of rotatable bonds is 10. The maximum atomic E-state index is 9.13. The van der Waals surface area contributed by atoms with E-state index in [-0.39, 0.29) is 0 Å². The van der Waals surface area contributed by atoms with Crippen molar-refractivity contribution in [3.63, 3.8) is 0 Å². The highest BCUT2D eigenvalue weighted by Crippen LogP contribution is 2.30. The molecule has 1 aliphatic carbocycles. The van der Waals surface area contributed by atoms with Crippen LogP contribution < -0.4 is 5.32 Å². The van der Waals surface area contributed by atoms with Crippen LogP contribution in [0, 0.1) is 23.2 Å². The van der Waals surface area contributed by atoms with E-state index in [4.69, 9.17) is 10.4 Å². The zero-order valence-electron chi connectivity index (χ0n) is 19.5. The first-order valence-electron chi connectivity index (χ1n) is 11.7. The van der Waals surface area contributed by atoms with Gasteiger partial charge >= 0.3 is 0 Å². The standard InChI is InChI=1S/C27H36N4/c1-5-6-23(10-7-20(2)3)19-29-27-17-26(24-13-8-21(4)9-14-24)31(30-27)25-15-11-22(18-28)12-16-25/h8,11-13,15-17,20,23H,5-7,9-10,14,19H2,1-4H3,(H,29,30). The molecule has 3 rings (SSSR count). The van der Waals surface area contributed by atoms with Gasteiger partial charge in [-0.1, -0.05) is 51.3 Å². The lowest BCUT2D eigenvalue weighted by Gasteiger charge is -2.17. The van der Waals surface area contributed by atoms with Gasteiger partial charge in [-0.05, 0) is 74.3 Å². The summed E-state index contributed by atoms with van der Waals surface area (Å²) in [5.41, 5.74) is 5.50. The molecule has 0 spiro atoms. The van der Waals surface area contributed by atoms with Crippen molar-refractivity contribution >= 4 is 11.4 Å². The lowest BCUT2D eigenvalue weighted by molar-refractivity contribution is 0.412. The van der Waals surface area contributed by atoms with Crippen molar-refractivity contribution in [2.75, 3.05) is 11.9 Å². The summed E-state index contributed by atoms with van der Waals surface area (Å²) in [6, 6.07) is 12.1. The number of nitriles is 1. The Kier molecular flexibility index (Phi) is 8.12. The molecule has 1 aromatic heterocycles. The summed E-state index contributed by atoms with van der Waals surface area (Å²) in [7, 11) is 0. The predicted octanol–water partition coefficient (Wildman–Crippen LogP) is 7.13. The molecule has 0 aliphatic heterocycles. The molecule has 2 aromatic rings. The van der Waals surface area contributed by atoms with Crippen molar-refractivity contribution < 1.29 is 0 Å². The summed E-state index contributed by atoms with van der Waals surface area (Å²) in [4.78, 5) is 0.